The van der Waals surface area contributed by atoms with Crippen molar-refractivity contribution in [2.45, 2.75) is 19.0 Å². The van der Waals surface area contributed by atoms with Crippen molar-refractivity contribution in [1.29, 1.82) is 0 Å². The van der Waals surface area contributed by atoms with Gasteiger partial charge in [-0.05, 0) is 24.1 Å². The quantitative estimate of drug-likeness (QED) is 0.700. The fourth-order valence-electron chi connectivity index (χ4n) is 1.38. The summed E-state index contributed by atoms with van der Waals surface area (Å²) in [6.45, 7) is 3.74. The molecule has 2 amide bonds. The van der Waals surface area contributed by atoms with Crippen LogP contribution in [-0.4, -0.2) is 23.1 Å². The molecule has 6 heteroatoms. The summed E-state index contributed by atoms with van der Waals surface area (Å²) in [5, 5.41) is 14.4. The van der Waals surface area contributed by atoms with Crippen LogP contribution in [0, 0.1) is 0 Å². The molecule has 19 heavy (non-hydrogen) atoms. The Morgan fingerprint density at radius 1 is 1.37 bits per heavy atom. The lowest BCUT2D eigenvalue weighted by molar-refractivity contribution is -0.139. The molecule has 0 bridgehead atoms. The number of carboxylic acid groups (broad SMARTS) is 1. The average molecular weight is 283 g/mol. The zero-order chi connectivity index (χ0) is 14.3. The van der Waals surface area contributed by atoms with Gasteiger partial charge in [0.05, 0.1) is 0 Å². The second kappa shape index (κ2) is 7.43. The average Bonchev–Trinajstić information content (AvgIpc) is 2.37. The zero-order valence-corrected chi connectivity index (χ0v) is 11.0. The predicted octanol–water partition coefficient (Wildman–Crippen LogP) is 2.17. The van der Waals surface area contributed by atoms with Crippen molar-refractivity contribution < 1.29 is 14.7 Å². The molecule has 1 aromatic carbocycles. The molecule has 0 aromatic heterocycles. The van der Waals surface area contributed by atoms with Crippen molar-refractivity contribution >= 4 is 23.6 Å². The molecule has 3 N–H and O–H groups in total. The Kier molecular flexibility index (Phi) is 5.89. The molecule has 1 rings (SSSR count). The van der Waals surface area contributed by atoms with Crippen molar-refractivity contribution in [1.82, 2.24) is 10.6 Å². The predicted molar refractivity (Wildman–Crippen MR) is 73.1 cm³/mol. The van der Waals surface area contributed by atoms with E-state index in [1.54, 1.807) is 24.3 Å². The van der Waals surface area contributed by atoms with Crippen LogP contribution in [0.4, 0.5) is 4.79 Å². The summed E-state index contributed by atoms with van der Waals surface area (Å²) in [4.78, 5) is 22.4. The molecular weight excluding hydrogens is 268 g/mol. The first-order valence-corrected chi connectivity index (χ1v) is 6.03. The van der Waals surface area contributed by atoms with Gasteiger partial charge in [0.1, 0.15) is 6.04 Å². The highest BCUT2D eigenvalue weighted by molar-refractivity contribution is 6.30. The van der Waals surface area contributed by atoms with Gasteiger partial charge in [-0.2, -0.15) is 0 Å². The number of carbonyl (C=O) groups is 2. The minimum atomic E-state index is -1.10. The Morgan fingerprint density at radius 3 is 2.53 bits per heavy atom. The van der Waals surface area contributed by atoms with E-state index in [2.05, 4.69) is 17.2 Å². The zero-order valence-electron chi connectivity index (χ0n) is 10.2. The smallest absolute Gasteiger partial charge is 0.326 e. The molecule has 0 radical (unpaired) electrons. The topological polar surface area (TPSA) is 78.4 Å². The SMILES string of the molecule is C=CCC(NC(=O)NCc1ccc(Cl)cc1)C(=O)O. The second-order valence-electron chi connectivity index (χ2n) is 3.87. The van der Waals surface area contributed by atoms with E-state index in [9.17, 15) is 9.59 Å². The maximum absolute atomic E-state index is 11.5. The maximum atomic E-state index is 11.5. The van der Waals surface area contributed by atoms with E-state index in [1.807, 2.05) is 0 Å². The third-order valence-corrected chi connectivity index (χ3v) is 2.62. The molecule has 1 atom stereocenters. The maximum Gasteiger partial charge on any atom is 0.326 e. The molecular formula is C13H15ClN2O3. The number of benzene rings is 1. The van der Waals surface area contributed by atoms with Crippen LogP contribution in [0.15, 0.2) is 36.9 Å². The molecule has 1 unspecified atom stereocenters. The molecule has 5 nitrogen and oxygen atoms in total. The number of carboxylic acids is 1. The van der Waals surface area contributed by atoms with Gasteiger partial charge in [0.15, 0.2) is 0 Å². The number of hydrogen-bond acceptors (Lipinski definition) is 2. The monoisotopic (exact) mass is 282 g/mol. The molecule has 102 valence electrons. The van der Waals surface area contributed by atoms with E-state index in [-0.39, 0.29) is 6.42 Å². The summed E-state index contributed by atoms with van der Waals surface area (Å²) in [5.74, 6) is -1.10. The molecule has 0 aliphatic heterocycles. The van der Waals surface area contributed by atoms with Gasteiger partial charge in [0.25, 0.3) is 0 Å². The summed E-state index contributed by atoms with van der Waals surface area (Å²) < 4.78 is 0. The third kappa shape index (κ3) is 5.44. The van der Waals surface area contributed by atoms with Crippen molar-refractivity contribution in [3.05, 3.63) is 47.5 Å². The number of rotatable bonds is 6. The normalized spacial score (nSPS) is 11.4. The number of nitrogens with one attached hydrogen (secondary N) is 2. The van der Waals surface area contributed by atoms with Crippen molar-refractivity contribution in [3.63, 3.8) is 0 Å². The van der Waals surface area contributed by atoms with Crippen molar-refractivity contribution in [3.8, 4) is 0 Å². The Balaban J connectivity index is 2.44. The molecule has 1 aromatic rings. The second-order valence-corrected chi connectivity index (χ2v) is 4.31. The van der Waals surface area contributed by atoms with Gasteiger partial charge in [-0.15, -0.1) is 6.58 Å². The van der Waals surface area contributed by atoms with Gasteiger partial charge in [-0.25, -0.2) is 9.59 Å². The summed E-state index contributed by atoms with van der Waals surface area (Å²) in [6, 6.07) is 5.48. The highest BCUT2D eigenvalue weighted by atomic mass is 35.5. The Bertz CT molecular complexity index is 459. The molecule has 0 aliphatic carbocycles. The van der Waals surface area contributed by atoms with E-state index in [1.165, 1.54) is 6.08 Å². The van der Waals surface area contributed by atoms with Crippen molar-refractivity contribution in [2.24, 2.45) is 0 Å². The van der Waals surface area contributed by atoms with E-state index >= 15 is 0 Å². The molecule has 0 saturated heterocycles. The van der Waals surface area contributed by atoms with E-state index in [0.29, 0.717) is 11.6 Å². The van der Waals surface area contributed by atoms with Crippen LogP contribution < -0.4 is 10.6 Å². The minimum absolute atomic E-state index is 0.170. The molecule has 0 fully saturated rings. The minimum Gasteiger partial charge on any atom is -0.480 e. The number of amides is 2. The Hall–Kier alpha value is -2.01. The van der Waals surface area contributed by atoms with E-state index in [4.69, 9.17) is 16.7 Å². The lowest BCUT2D eigenvalue weighted by Crippen LogP contribution is -2.45. The van der Waals surface area contributed by atoms with Crippen LogP contribution in [0.5, 0.6) is 0 Å². The van der Waals surface area contributed by atoms with Gasteiger partial charge in [0.2, 0.25) is 0 Å². The summed E-state index contributed by atoms with van der Waals surface area (Å²) in [6.07, 6.45) is 1.61. The van der Waals surface area contributed by atoms with Crippen molar-refractivity contribution in [2.75, 3.05) is 0 Å². The Morgan fingerprint density at radius 2 is 2.00 bits per heavy atom. The first-order valence-electron chi connectivity index (χ1n) is 5.65. The molecule has 0 heterocycles. The number of urea groups is 1. The van der Waals surface area contributed by atoms with Gasteiger partial charge in [-0.1, -0.05) is 29.8 Å². The van der Waals surface area contributed by atoms with Gasteiger partial charge in [-0.3, -0.25) is 0 Å². The summed E-state index contributed by atoms with van der Waals surface area (Å²) >= 11 is 5.74. The lowest BCUT2D eigenvalue weighted by atomic mass is 10.2. The van der Waals surface area contributed by atoms with Crippen LogP contribution in [-0.2, 0) is 11.3 Å². The number of halogens is 1. The standard InChI is InChI=1S/C13H15ClN2O3/c1-2-3-11(12(17)18)16-13(19)15-8-9-4-6-10(14)7-5-9/h2,4-7,11H,1,3,8H2,(H,17,18)(H2,15,16,19). The van der Waals surface area contributed by atoms with Gasteiger partial charge < -0.3 is 15.7 Å². The van der Waals surface area contributed by atoms with Crippen LogP contribution in [0.3, 0.4) is 0 Å². The molecule has 0 saturated carbocycles. The highest BCUT2D eigenvalue weighted by Crippen LogP contribution is 2.09. The van der Waals surface area contributed by atoms with Crippen LogP contribution in [0.1, 0.15) is 12.0 Å². The van der Waals surface area contributed by atoms with Gasteiger partial charge >= 0.3 is 12.0 Å². The number of aliphatic carboxylic acids is 1. The fourth-order valence-corrected chi connectivity index (χ4v) is 1.51. The summed E-state index contributed by atoms with van der Waals surface area (Å²) in [7, 11) is 0. The largest absolute Gasteiger partial charge is 0.480 e. The van der Waals surface area contributed by atoms with Crippen LogP contribution in [0.2, 0.25) is 5.02 Å². The third-order valence-electron chi connectivity index (χ3n) is 2.37. The molecule has 0 aliphatic rings. The van der Waals surface area contributed by atoms with Crippen LogP contribution >= 0.6 is 11.6 Å². The van der Waals surface area contributed by atoms with E-state index in [0.717, 1.165) is 5.56 Å². The fraction of sp³-hybridized carbons (Fsp3) is 0.231. The summed E-state index contributed by atoms with van der Waals surface area (Å²) in [5.41, 5.74) is 0.871. The lowest BCUT2D eigenvalue weighted by Gasteiger charge is -2.13. The van der Waals surface area contributed by atoms with E-state index < -0.39 is 18.0 Å². The first-order chi connectivity index (χ1) is 9.02. The molecule has 0 spiro atoms. The number of hydrogen-bond donors (Lipinski definition) is 3. The van der Waals surface area contributed by atoms with Gasteiger partial charge in [0, 0.05) is 11.6 Å². The Labute approximate surface area is 116 Å². The highest BCUT2D eigenvalue weighted by Gasteiger charge is 2.17. The van der Waals surface area contributed by atoms with Crippen LogP contribution in [0.25, 0.3) is 0 Å². The number of carbonyl (C=O) groups excluding carboxylic acids is 1. The first kappa shape index (κ1) is 15.0.